The van der Waals surface area contributed by atoms with Gasteiger partial charge >= 0.3 is 11.9 Å². The molecule has 0 aliphatic rings. The molecule has 0 unspecified atom stereocenters. The molecule has 0 heterocycles. The molecule has 6 nitrogen and oxygen atoms in total. The monoisotopic (exact) mass is 174 g/mol. The van der Waals surface area contributed by atoms with Crippen molar-refractivity contribution in [2.45, 2.75) is 0 Å². The highest BCUT2D eigenvalue weighted by molar-refractivity contribution is 6.29. The summed E-state index contributed by atoms with van der Waals surface area (Å²) in [6.45, 7) is -1.01. The van der Waals surface area contributed by atoms with Gasteiger partial charge in [-0.25, -0.2) is 9.59 Å². The number of carbonyl (C=O) groups excluding carboxylic acids is 4. The van der Waals surface area contributed by atoms with Crippen LogP contribution in [-0.2, 0) is 28.7 Å². The van der Waals surface area contributed by atoms with Crippen molar-refractivity contribution < 1.29 is 28.7 Å². The Hall–Kier alpha value is -1.72. The largest absolute Gasteiger partial charge is 0.450 e. The van der Waals surface area contributed by atoms with Gasteiger partial charge in [0.1, 0.15) is 13.2 Å². The lowest BCUT2D eigenvalue weighted by Gasteiger charge is -1.98. The van der Waals surface area contributed by atoms with Crippen LogP contribution < -0.4 is 0 Å². The van der Waals surface area contributed by atoms with Gasteiger partial charge in [-0.3, -0.25) is 9.59 Å². The van der Waals surface area contributed by atoms with E-state index in [-0.39, 0.29) is 0 Å². The van der Waals surface area contributed by atoms with Gasteiger partial charge in [-0.05, 0) is 0 Å². The van der Waals surface area contributed by atoms with Crippen LogP contribution in [0.4, 0.5) is 0 Å². The summed E-state index contributed by atoms with van der Waals surface area (Å²) in [5.74, 6) is -2.58. The van der Waals surface area contributed by atoms with Crippen molar-refractivity contribution in [2.75, 3.05) is 13.2 Å². The molecule has 0 atom stereocenters. The molecule has 0 amide bonds. The van der Waals surface area contributed by atoms with Crippen LogP contribution >= 0.6 is 0 Å². The summed E-state index contributed by atoms with van der Waals surface area (Å²) in [5.41, 5.74) is 0. The highest BCUT2D eigenvalue weighted by Crippen LogP contribution is 1.82. The summed E-state index contributed by atoms with van der Waals surface area (Å²) < 4.78 is 8.11. The van der Waals surface area contributed by atoms with Gasteiger partial charge in [-0.15, -0.1) is 0 Å². The molecule has 0 aromatic heterocycles. The first-order valence-corrected chi connectivity index (χ1v) is 2.93. The first-order chi connectivity index (χ1) is 5.72. The second-order valence-electron chi connectivity index (χ2n) is 1.53. The van der Waals surface area contributed by atoms with Crippen molar-refractivity contribution in [2.24, 2.45) is 0 Å². The van der Waals surface area contributed by atoms with E-state index in [4.69, 9.17) is 0 Å². The number of ether oxygens (including phenoxy) is 2. The summed E-state index contributed by atoms with van der Waals surface area (Å²) in [7, 11) is 0. The molecule has 0 radical (unpaired) electrons. The number of aldehydes is 2. The summed E-state index contributed by atoms with van der Waals surface area (Å²) in [6, 6.07) is 0. The Bertz CT molecular complexity index is 174. The molecule has 0 aliphatic carbocycles. The fourth-order valence-corrected chi connectivity index (χ4v) is 0.337. The first-order valence-electron chi connectivity index (χ1n) is 2.93. The van der Waals surface area contributed by atoms with E-state index in [9.17, 15) is 19.2 Å². The molecule has 0 saturated heterocycles. The molecule has 6 heteroatoms. The topological polar surface area (TPSA) is 86.7 Å². The summed E-state index contributed by atoms with van der Waals surface area (Å²) in [4.78, 5) is 40.2. The normalized spacial score (nSPS) is 8.33. The second-order valence-corrected chi connectivity index (χ2v) is 1.53. The van der Waals surface area contributed by atoms with E-state index in [0.29, 0.717) is 12.6 Å². The van der Waals surface area contributed by atoms with Gasteiger partial charge in [0.2, 0.25) is 0 Å². The SMILES string of the molecule is O=CCOC(=O)C(=O)OCC=O. The van der Waals surface area contributed by atoms with E-state index in [0.717, 1.165) is 0 Å². The zero-order chi connectivity index (χ0) is 9.40. The van der Waals surface area contributed by atoms with Gasteiger partial charge in [-0.2, -0.15) is 0 Å². The third-order valence-corrected chi connectivity index (χ3v) is 0.732. The maximum atomic E-state index is 10.4. The molecule has 0 rings (SSSR count). The Balaban J connectivity index is 3.68. The van der Waals surface area contributed by atoms with Crippen molar-refractivity contribution in [1.82, 2.24) is 0 Å². The molecule has 0 aromatic carbocycles. The van der Waals surface area contributed by atoms with Crippen LogP contribution in [0, 0.1) is 0 Å². The number of hydrogen-bond donors (Lipinski definition) is 0. The lowest BCUT2D eigenvalue weighted by Crippen LogP contribution is -2.21. The van der Waals surface area contributed by atoms with Crippen molar-refractivity contribution in [1.29, 1.82) is 0 Å². The quantitative estimate of drug-likeness (QED) is 0.292. The molecule has 0 aliphatic heterocycles. The van der Waals surface area contributed by atoms with Gasteiger partial charge in [-0.1, -0.05) is 0 Å². The Morgan fingerprint density at radius 3 is 1.50 bits per heavy atom. The highest BCUT2D eigenvalue weighted by atomic mass is 16.6. The molecule has 66 valence electrons. The van der Waals surface area contributed by atoms with E-state index in [1.807, 2.05) is 0 Å². The first kappa shape index (κ1) is 10.3. The van der Waals surface area contributed by atoms with E-state index in [1.165, 1.54) is 0 Å². The minimum Gasteiger partial charge on any atom is -0.450 e. The Morgan fingerprint density at radius 2 is 1.25 bits per heavy atom. The lowest BCUT2D eigenvalue weighted by atomic mass is 10.6. The molecular formula is C6H6O6. The van der Waals surface area contributed by atoms with Crippen LogP contribution in [0.2, 0.25) is 0 Å². The smallest absolute Gasteiger partial charge is 0.417 e. The molecule has 0 spiro atoms. The number of hydrogen-bond acceptors (Lipinski definition) is 6. The third kappa shape index (κ3) is 4.15. The average Bonchev–Trinajstić information content (AvgIpc) is 2.10. The van der Waals surface area contributed by atoms with Crippen LogP contribution in [0.1, 0.15) is 0 Å². The molecule has 0 fully saturated rings. The predicted octanol–water partition coefficient (Wildman–Crippen LogP) is -1.53. The number of esters is 2. The van der Waals surface area contributed by atoms with E-state index >= 15 is 0 Å². The zero-order valence-corrected chi connectivity index (χ0v) is 6.02. The second kappa shape index (κ2) is 6.02. The van der Waals surface area contributed by atoms with Gasteiger partial charge in [0.25, 0.3) is 0 Å². The maximum absolute atomic E-state index is 10.4. The fourth-order valence-electron chi connectivity index (χ4n) is 0.337. The molecular weight excluding hydrogens is 168 g/mol. The van der Waals surface area contributed by atoms with Crippen molar-refractivity contribution in [3.8, 4) is 0 Å². The predicted molar refractivity (Wildman–Crippen MR) is 34.0 cm³/mol. The van der Waals surface area contributed by atoms with Crippen LogP contribution in [0.15, 0.2) is 0 Å². The average molecular weight is 174 g/mol. The minimum absolute atomic E-state index is 0.310. The standard InChI is InChI=1S/C6H6O6/c7-1-3-11-5(9)6(10)12-4-2-8/h1-2H,3-4H2. The van der Waals surface area contributed by atoms with Gasteiger partial charge in [0, 0.05) is 0 Å². The van der Waals surface area contributed by atoms with Gasteiger partial charge < -0.3 is 9.47 Å². The number of carbonyl (C=O) groups is 4. The molecule has 12 heavy (non-hydrogen) atoms. The zero-order valence-electron chi connectivity index (χ0n) is 6.02. The van der Waals surface area contributed by atoms with Gasteiger partial charge in [0.15, 0.2) is 12.6 Å². The molecule has 0 saturated carbocycles. The Labute approximate surface area is 67.4 Å². The Kier molecular flexibility index (Phi) is 5.16. The summed E-state index contributed by atoms with van der Waals surface area (Å²) >= 11 is 0. The molecule has 0 N–H and O–H groups in total. The fraction of sp³-hybridized carbons (Fsp3) is 0.333. The number of rotatable bonds is 4. The van der Waals surface area contributed by atoms with E-state index in [1.54, 1.807) is 0 Å². The van der Waals surface area contributed by atoms with Crippen molar-refractivity contribution >= 4 is 24.5 Å². The van der Waals surface area contributed by atoms with Gasteiger partial charge in [0.05, 0.1) is 0 Å². The van der Waals surface area contributed by atoms with Crippen LogP contribution in [0.5, 0.6) is 0 Å². The maximum Gasteiger partial charge on any atom is 0.417 e. The Morgan fingerprint density at radius 1 is 0.917 bits per heavy atom. The van der Waals surface area contributed by atoms with Crippen LogP contribution in [0.25, 0.3) is 0 Å². The third-order valence-electron chi connectivity index (χ3n) is 0.732. The van der Waals surface area contributed by atoms with E-state index in [2.05, 4.69) is 9.47 Å². The summed E-state index contributed by atoms with van der Waals surface area (Å²) in [5, 5.41) is 0. The molecule has 0 bridgehead atoms. The van der Waals surface area contributed by atoms with Crippen molar-refractivity contribution in [3.05, 3.63) is 0 Å². The van der Waals surface area contributed by atoms with Crippen LogP contribution in [-0.4, -0.2) is 37.7 Å². The minimum atomic E-state index is -1.29. The van der Waals surface area contributed by atoms with Crippen molar-refractivity contribution in [3.63, 3.8) is 0 Å². The summed E-state index contributed by atoms with van der Waals surface area (Å²) in [6.07, 6.45) is 0.621. The highest BCUT2D eigenvalue weighted by Gasteiger charge is 2.16. The lowest BCUT2D eigenvalue weighted by molar-refractivity contribution is -0.167. The van der Waals surface area contributed by atoms with E-state index < -0.39 is 25.2 Å². The van der Waals surface area contributed by atoms with Crippen LogP contribution in [0.3, 0.4) is 0 Å². The molecule has 0 aromatic rings.